The molecule has 2 N–H and O–H groups in total. The van der Waals surface area contributed by atoms with E-state index in [2.05, 4.69) is 5.32 Å². The second kappa shape index (κ2) is 11.6. The Kier molecular flexibility index (Phi) is 10.3. The van der Waals surface area contributed by atoms with Gasteiger partial charge in [-0.1, -0.05) is 0 Å². The van der Waals surface area contributed by atoms with Crippen molar-refractivity contribution in [2.24, 2.45) is 0 Å². The molecule has 0 aromatic carbocycles. The zero-order chi connectivity index (χ0) is 13.8. The zero-order valence-electron chi connectivity index (χ0n) is 12.1. The van der Waals surface area contributed by atoms with Crippen molar-refractivity contribution < 1.29 is 19.3 Å². The molecule has 0 saturated carbocycles. The first-order valence-electron chi connectivity index (χ1n) is 7.40. The first kappa shape index (κ1) is 16.9. The largest absolute Gasteiger partial charge is 0.389 e. The molecular weight excluding hydrogens is 246 g/mol. The number of rotatable bonds is 12. The van der Waals surface area contributed by atoms with Gasteiger partial charge in [-0.05, 0) is 38.6 Å². The van der Waals surface area contributed by atoms with Gasteiger partial charge in [-0.3, -0.25) is 0 Å². The standard InChI is InChI=1S/C14H29NO4/c1-17-8-4-2-3-7-15-10-13(16)11-18-12-14-6-5-9-19-14/h13-16H,2-12H2,1H3. The number of methoxy groups -OCH3 is 1. The predicted octanol–water partition coefficient (Wildman–Crippen LogP) is 0.949. The van der Waals surface area contributed by atoms with Crippen LogP contribution in [0.15, 0.2) is 0 Å². The highest BCUT2D eigenvalue weighted by Gasteiger charge is 2.15. The SMILES string of the molecule is COCCCCCNCC(O)COCC1CCCO1. The summed E-state index contributed by atoms with van der Waals surface area (Å²) in [5, 5.41) is 13.0. The van der Waals surface area contributed by atoms with Crippen LogP contribution in [0.25, 0.3) is 0 Å². The molecule has 2 unspecified atom stereocenters. The lowest BCUT2D eigenvalue weighted by molar-refractivity contribution is -0.0163. The normalized spacial score (nSPS) is 20.8. The topological polar surface area (TPSA) is 60.0 Å². The van der Waals surface area contributed by atoms with Gasteiger partial charge in [0, 0.05) is 26.9 Å². The van der Waals surface area contributed by atoms with Gasteiger partial charge in [0.25, 0.3) is 0 Å². The average molecular weight is 275 g/mol. The third-order valence-corrected chi connectivity index (χ3v) is 3.22. The summed E-state index contributed by atoms with van der Waals surface area (Å²) in [6.45, 7) is 4.20. The van der Waals surface area contributed by atoms with E-state index in [9.17, 15) is 5.11 Å². The van der Waals surface area contributed by atoms with Crippen LogP contribution in [0.4, 0.5) is 0 Å². The third kappa shape index (κ3) is 9.35. The monoisotopic (exact) mass is 275 g/mol. The summed E-state index contributed by atoms with van der Waals surface area (Å²) in [4.78, 5) is 0. The van der Waals surface area contributed by atoms with E-state index in [1.165, 1.54) is 0 Å². The van der Waals surface area contributed by atoms with Gasteiger partial charge in [0.15, 0.2) is 0 Å². The second-order valence-corrected chi connectivity index (χ2v) is 5.08. The van der Waals surface area contributed by atoms with E-state index in [1.807, 2.05) is 0 Å². The maximum Gasteiger partial charge on any atom is 0.0897 e. The van der Waals surface area contributed by atoms with E-state index in [0.29, 0.717) is 19.8 Å². The molecule has 1 rings (SSSR count). The molecule has 19 heavy (non-hydrogen) atoms. The Hall–Kier alpha value is -0.200. The van der Waals surface area contributed by atoms with Gasteiger partial charge in [-0.15, -0.1) is 0 Å². The van der Waals surface area contributed by atoms with E-state index in [1.54, 1.807) is 7.11 Å². The summed E-state index contributed by atoms with van der Waals surface area (Å²) in [6, 6.07) is 0. The average Bonchev–Trinajstić information content (AvgIpc) is 2.91. The third-order valence-electron chi connectivity index (χ3n) is 3.22. The number of ether oxygens (including phenoxy) is 3. The number of unbranched alkanes of at least 4 members (excludes halogenated alkanes) is 2. The highest BCUT2D eigenvalue weighted by molar-refractivity contribution is 4.65. The lowest BCUT2D eigenvalue weighted by atomic mass is 10.2. The van der Waals surface area contributed by atoms with Crippen LogP contribution in [0.2, 0.25) is 0 Å². The predicted molar refractivity (Wildman–Crippen MR) is 74.4 cm³/mol. The minimum atomic E-state index is -0.430. The van der Waals surface area contributed by atoms with Gasteiger partial charge < -0.3 is 24.6 Å². The van der Waals surface area contributed by atoms with Crippen LogP contribution < -0.4 is 5.32 Å². The first-order valence-corrected chi connectivity index (χ1v) is 7.40. The summed E-state index contributed by atoms with van der Waals surface area (Å²) >= 11 is 0. The summed E-state index contributed by atoms with van der Waals surface area (Å²) in [5.74, 6) is 0. The van der Waals surface area contributed by atoms with Gasteiger partial charge in [0.2, 0.25) is 0 Å². The molecule has 1 aliphatic heterocycles. The quantitative estimate of drug-likeness (QED) is 0.519. The number of nitrogens with one attached hydrogen (secondary N) is 1. The van der Waals surface area contributed by atoms with Crippen molar-refractivity contribution >= 4 is 0 Å². The van der Waals surface area contributed by atoms with E-state index in [0.717, 1.165) is 51.9 Å². The van der Waals surface area contributed by atoms with Gasteiger partial charge in [0.05, 0.1) is 25.4 Å². The molecule has 2 atom stereocenters. The van der Waals surface area contributed by atoms with Crippen LogP contribution in [-0.4, -0.2) is 63.9 Å². The van der Waals surface area contributed by atoms with Gasteiger partial charge >= 0.3 is 0 Å². The Morgan fingerprint density at radius 2 is 2.26 bits per heavy atom. The molecule has 0 spiro atoms. The van der Waals surface area contributed by atoms with Crippen LogP contribution in [-0.2, 0) is 14.2 Å². The molecule has 1 heterocycles. The van der Waals surface area contributed by atoms with Gasteiger partial charge in [0.1, 0.15) is 0 Å². The number of aliphatic hydroxyl groups excluding tert-OH is 1. The van der Waals surface area contributed by atoms with E-state index >= 15 is 0 Å². The van der Waals surface area contributed by atoms with Gasteiger partial charge in [-0.25, -0.2) is 0 Å². The van der Waals surface area contributed by atoms with Crippen molar-refractivity contribution in [2.45, 2.75) is 44.3 Å². The maximum atomic E-state index is 9.72. The molecule has 0 bridgehead atoms. The first-order chi connectivity index (χ1) is 9.33. The molecule has 0 radical (unpaired) electrons. The summed E-state index contributed by atoms with van der Waals surface area (Å²) in [7, 11) is 1.73. The minimum Gasteiger partial charge on any atom is -0.389 e. The van der Waals surface area contributed by atoms with E-state index < -0.39 is 6.10 Å². The maximum absolute atomic E-state index is 9.72. The highest BCUT2D eigenvalue weighted by atomic mass is 16.5. The smallest absolute Gasteiger partial charge is 0.0897 e. The van der Waals surface area contributed by atoms with Crippen LogP contribution in [0.5, 0.6) is 0 Å². The van der Waals surface area contributed by atoms with Crippen molar-refractivity contribution in [2.75, 3.05) is 46.6 Å². The Balaban J connectivity index is 1.80. The fourth-order valence-electron chi connectivity index (χ4n) is 2.11. The van der Waals surface area contributed by atoms with Crippen molar-refractivity contribution in [1.29, 1.82) is 0 Å². The Bertz CT molecular complexity index is 198. The summed E-state index contributed by atoms with van der Waals surface area (Å²) in [5.41, 5.74) is 0. The van der Waals surface area contributed by atoms with Crippen LogP contribution in [0.1, 0.15) is 32.1 Å². The molecule has 1 fully saturated rings. The number of hydrogen-bond donors (Lipinski definition) is 2. The number of aliphatic hydroxyl groups is 1. The van der Waals surface area contributed by atoms with Crippen molar-refractivity contribution in [3.63, 3.8) is 0 Å². The molecule has 1 saturated heterocycles. The molecule has 0 amide bonds. The lowest BCUT2D eigenvalue weighted by Crippen LogP contribution is -2.32. The van der Waals surface area contributed by atoms with E-state index in [-0.39, 0.29) is 6.10 Å². The van der Waals surface area contributed by atoms with E-state index in [4.69, 9.17) is 14.2 Å². The second-order valence-electron chi connectivity index (χ2n) is 5.08. The molecular formula is C14H29NO4. The van der Waals surface area contributed by atoms with Crippen LogP contribution >= 0.6 is 0 Å². The van der Waals surface area contributed by atoms with Crippen LogP contribution in [0.3, 0.4) is 0 Å². The molecule has 114 valence electrons. The Labute approximate surface area is 116 Å². The fraction of sp³-hybridized carbons (Fsp3) is 1.00. The minimum absolute atomic E-state index is 0.237. The molecule has 5 nitrogen and oxygen atoms in total. The molecule has 1 aliphatic rings. The van der Waals surface area contributed by atoms with Crippen LogP contribution in [0, 0.1) is 0 Å². The summed E-state index contributed by atoms with van der Waals surface area (Å²) < 4.78 is 15.9. The molecule has 0 aliphatic carbocycles. The Morgan fingerprint density at radius 3 is 3.00 bits per heavy atom. The zero-order valence-corrected chi connectivity index (χ0v) is 12.1. The highest BCUT2D eigenvalue weighted by Crippen LogP contribution is 2.11. The fourth-order valence-corrected chi connectivity index (χ4v) is 2.11. The molecule has 0 aromatic rings. The molecule has 5 heteroatoms. The van der Waals surface area contributed by atoms with Gasteiger partial charge in [-0.2, -0.15) is 0 Å². The number of hydrogen-bond acceptors (Lipinski definition) is 5. The lowest BCUT2D eigenvalue weighted by Gasteiger charge is -2.14. The Morgan fingerprint density at radius 1 is 1.37 bits per heavy atom. The van der Waals surface area contributed by atoms with Crippen molar-refractivity contribution in [3.05, 3.63) is 0 Å². The van der Waals surface area contributed by atoms with Crippen molar-refractivity contribution in [3.8, 4) is 0 Å². The van der Waals surface area contributed by atoms with Crippen molar-refractivity contribution in [1.82, 2.24) is 5.32 Å². The summed E-state index contributed by atoms with van der Waals surface area (Å²) in [6.07, 6.45) is 5.39. The molecule has 0 aromatic heterocycles.